The fourth-order valence-corrected chi connectivity index (χ4v) is 3.90. The number of carbonyl (C=O) groups is 1. The largest absolute Gasteiger partial charge is 0.497 e. The van der Waals surface area contributed by atoms with Crippen molar-refractivity contribution in [2.45, 2.75) is 32.7 Å². The molecular weight excluding hydrogens is 340 g/mol. The lowest BCUT2D eigenvalue weighted by Crippen LogP contribution is -3.11. The van der Waals surface area contributed by atoms with Crippen molar-refractivity contribution in [1.82, 2.24) is 0 Å². The maximum Gasteiger partial charge on any atom is 0.279 e. The van der Waals surface area contributed by atoms with Crippen LogP contribution in [0.2, 0.25) is 0 Å². The van der Waals surface area contributed by atoms with E-state index in [4.69, 9.17) is 9.47 Å². The van der Waals surface area contributed by atoms with Gasteiger partial charge >= 0.3 is 0 Å². The molecule has 0 spiro atoms. The van der Waals surface area contributed by atoms with E-state index < -0.39 is 0 Å². The van der Waals surface area contributed by atoms with Gasteiger partial charge in [-0.15, -0.1) is 0 Å². The molecule has 1 saturated heterocycles. The lowest BCUT2D eigenvalue weighted by Gasteiger charge is -2.23. The van der Waals surface area contributed by atoms with Crippen molar-refractivity contribution >= 4 is 11.6 Å². The Hall–Kier alpha value is -2.53. The third-order valence-electron chi connectivity index (χ3n) is 5.56. The standard InChI is InChI=1S/C22H28N2O3/c1-15-7-5-8-19(16(15)2)23-22(25)14-24-12-6-9-20(24)18-13-17(26-3)10-11-21(18)27-4/h5,7-8,10-11,13,20H,6,9,12,14H2,1-4H3,(H,23,25)/p+1/t20-/m0/s1. The van der Waals surface area contributed by atoms with Gasteiger partial charge in [0, 0.05) is 18.5 Å². The highest BCUT2D eigenvalue weighted by Gasteiger charge is 2.34. The number of anilines is 1. The summed E-state index contributed by atoms with van der Waals surface area (Å²) in [6.45, 7) is 5.52. The lowest BCUT2D eigenvalue weighted by molar-refractivity contribution is -0.910. The van der Waals surface area contributed by atoms with Crippen LogP contribution >= 0.6 is 0 Å². The number of likely N-dealkylation sites (tertiary alicyclic amines) is 1. The van der Waals surface area contributed by atoms with Crippen LogP contribution in [0.25, 0.3) is 0 Å². The summed E-state index contributed by atoms with van der Waals surface area (Å²) >= 11 is 0. The third-order valence-corrected chi connectivity index (χ3v) is 5.56. The highest BCUT2D eigenvalue weighted by molar-refractivity contribution is 5.92. The number of nitrogens with one attached hydrogen (secondary N) is 2. The predicted octanol–water partition coefficient (Wildman–Crippen LogP) is 2.68. The number of quaternary nitrogens is 1. The molecule has 2 atom stereocenters. The average Bonchev–Trinajstić information content (AvgIpc) is 3.12. The molecule has 1 heterocycles. The molecule has 1 aliphatic rings. The van der Waals surface area contributed by atoms with Gasteiger partial charge in [0.05, 0.1) is 26.3 Å². The molecule has 0 aromatic heterocycles. The average molecular weight is 369 g/mol. The van der Waals surface area contributed by atoms with Crippen LogP contribution in [0.3, 0.4) is 0 Å². The number of carbonyl (C=O) groups excluding carboxylic acids is 1. The summed E-state index contributed by atoms with van der Waals surface area (Å²) in [6, 6.07) is 12.1. The number of benzene rings is 2. The monoisotopic (exact) mass is 369 g/mol. The molecule has 2 N–H and O–H groups in total. The van der Waals surface area contributed by atoms with Gasteiger partial charge in [-0.3, -0.25) is 4.79 Å². The van der Waals surface area contributed by atoms with Gasteiger partial charge in [0.2, 0.25) is 0 Å². The fourth-order valence-electron chi connectivity index (χ4n) is 3.90. The van der Waals surface area contributed by atoms with Gasteiger partial charge in [-0.25, -0.2) is 0 Å². The third kappa shape index (κ3) is 4.25. The number of rotatable bonds is 6. The van der Waals surface area contributed by atoms with E-state index >= 15 is 0 Å². The number of hydrogen-bond donors (Lipinski definition) is 2. The molecule has 3 rings (SSSR count). The highest BCUT2D eigenvalue weighted by Crippen LogP contribution is 2.31. The van der Waals surface area contributed by atoms with Crippen molar-refractivity contribution < 1.29 is 19.2 Å². The van der Waals surface area contributed by atoms with Crippen LogP contribution < -0.4 is 19.7 Å². The lowest BCUT2D eigenvalue weighted by atomic mass is 10.0. The maximum atomic E-state index is 12.7. The summed E-state index contributed by atoms with van der Waals surface area (Å²) in [5.41, 5.74) is 4.31. The molecule has 2 aromatic rings. The first-order valence-electron chi connectivity index (χ1n) is 9.46. The van der Waals surface area contributed by atoms with E-state index in [1.807, 2.05) is 37.3 Å². The first-order valence-corrected chi connectivity index (χ1v) is 9.46. The van der Waals surface area contributed by atoms with E-state index in [0.29, 0.717) is 6.54 Å². The Bertz CT molecular complexity index is 819. The van der Waals surface area contributed by atoms with Crippen LogP contribution in [0.5, 0.6) is 11.5 Å². The van der Waals surface area contributed by atoms with Gasteiger partial charge in [0.15, 0.2) is 6.54 Å². The Kier molecular flexibility index (Phi) is 6.01. The zero-order chi connectivity index (χ0) is 19.4. The first-order chi connectivity index (χ1) is 13.0. The van der Waals surface area contributed by atoms with Crippen LogP contribution in [-0.2, 0) is 4.79 Å². The minimum Gasteiger partial charge on any atom is -0.497 e. The van der Waals surface area contributed by atoms with Crippen molar-refractivity contribution in [1.29, 1.82) is 0 Å². The molecule has 1 fully saturated rings. The van der Waals surface area contributed by atoms with Crippen LogP contribution in [0.4, 0.5) is 5.69 Å². The van der Waals surface area contributed by atoms with E-state index in [1.54, 1.807) is 14.2 Å². The van der Waals surface area contributed by atoms with E-state index in [-0.39, 0.29) is 11.9 Å². The Labute approximate surface area is 161 Å². The van der Waals surface area contributed by atoms with Gasteiger partial charge in [-0.05, 0) is 49.2 Å². The molecule has 0 aliphatic carbocycles. The maximum absolute atomic E-state index is 12.7. The summed E-state index contributed by atoms with van der Waals surface area (Å²) in [4.78, 5) is 14.0. The molecule has 0 radical (unpaired) electrons. The topological polar surface area (TPSA) is 52.0 Å². The molecule has 1 amide bonds. The summed E-state index contributed by atoms with van der Waals surface area (Å²) in [5.74, 6) is 1.72. The van der Waals surface area contributed by atoms with E-state index in [1.165, 1.54) is 10.5 Å². The second-order valence-electron chi connectivity index (χ2n) is 7.18. The molecule has 2 aromatic carbocycles. The summed E-state index contributed by atoms with van der Waals surface area (Å²) in [6.07, 6.45) is 2.13. The van der Waals surface area contributed by atoms with Gasteiger partial charge in [-0.1, -0.05) is 12.1 Å². The Balaban J connectivity index is 1.75. The van der Waals surface area contributed by atoms with E-state index in [0.717, 1.165) is 47.7 Å². The summed E-state index contributed by atoms with van der Waals surface area (Å²) in [7, 11) is 3.36. The van der Waals surface area contributed by atoms with Crippen molar-refractivity contribution in [3.63, 3.8) is 0 Å². The first kappa shape index (κ1) is 19.2. The van der Waals surface area contributed by atoms with Gasteiger partial charge in [-0.2, -0.15) is 0 Å². The number of amides is 1. The zero-order valence-corrected chi connectivity index (χ0v) is 16.6. The molecule has 0 bridgehead atoms. The molecule has 5 nitrogen and oxygen atoms in total. The van der Waals surface area contributed by atoms with Crippen LogP contribution in [0.15, 0.2) is 36.4 Å². The SMILES string of the molecule is COc1ccc(OC)c([C@@H]2CCC[NH+]2CC(=O)Nc2cccc(C)c2C)c1. The molecule has 1 aliphatic heterocycles. The number of methoxy groups -OCH3 is 2. The minimum atomic E-state index is 0.0486. The van der Waals surface area contributed by atoms with Crippen molar-refractivity contribution in [3.8, 4) is 11.5 Å². The van der Waals surface area contributed by atoms with Crippen molar-refractivity contribution in [2.24, 2.45) is 0 Å². The Morgan fingerprint density at radius 1 is 1.19 bits per heavy atom. The van der Waals surface area contributed by atoms with Crippen molar-refractivity contribution in [2.75, 3.05) is 32.6 Å². The molecule has 0 saturated carbocycles. The predicted molar refractivity (Wildman–Crippen MR) is 107 cm³/mol. The molecule has 1 unspecified atom stereocenters. The summed E-state index contributed by atoms with van der Waals surface area (Å²) < 4.78 is 11.0. The molecular formula is C22H29N2O3+. The zero-order valence-electron chi connectivity index (χ0n) is 16.6. The Morgan fingerprint density at radius 3 is 2.74 bits per heavy atom. The number of aryl methyl sites for hydroxylation is 1. The smallest absolute Gasteiger partial charge is 0.279 e. The minimum absolute atomic E-state index is 0.0486. The second kappa shape index (κ2) is 8.44. The van der Waals surface area contributed by atoms with Crippen LogP contribution in [-0.4, -0.2) is 33.2 Å². The number of hydrogen-bond acceptors (Lipinski definition) is 3. The highest BCUT2D eigenvalue weighted by atomic mass is 16.5. The van der Waals surface area contributed by atoms with Crippen LogP contribution in [0.1, 0.15) is 35.6 Å². The van der Waals surface area contributed by atoms with Crippen molar-refractivity contribution in [3.05, 3.63) is 53.1 Å². The fraction of sp³-hybridized carbons (Fsp3) is 0.409. The number of ether oxygens (including phenoxy) is 2. The molecule has 5 heteroatoms. The quantitative estimate of drug-likeness (QED) is 0.823. The van der Waals surface area contributed by atoms with Gasteiger partial charge < -0.3 is 19.7 Å². The van der Waals surface area contributed by atoms with Gasteiger partial charge in [0.25, 0.3) is 5.91 Å². The van der Waals surface area contributed by atoms with Crippen LogP contribution in [0, 0.1) is 13.8 Å². The second-order valence-corrected chi connectivity index (χ2v) is 7.18. The summed E-state index contributed by atoms with van der Waals surface area (Å²) in [5, 5.41) is 3.09. The van der Waals surface area contributed by atoms with E-state index in [2.05, 4.69) is 18.3 Å². The molecule has 144 valence electrons. The normalized spacial score (nSPS) is 19.0. The Morgan fingerprint density at radius 2 is 2.00 bits per heavy atom. The van der Waals surface area contributed by atoms with Gasteiger partial charge in [0.1, 0.15) is 17.5 Å². The molecule has 27 heavy (non-hydrogen) atoms. The van der Waals surface area contributed by atoms with E-state index in [9.17, 15) is 4.79 Å².